The van der Waals surface area contributed by atoms with Crippen molar-refractivity contribution in [3.05, 3.63) is 20.8 Å². The molecule has 1 saturated heterocycles. The molecule has 18 heavy (non-hydrogen) atoms. The van der Waals surface area contributed by atoms with Crippen molar-refractivity contribution in [2.45, 2.75) is 6.42 Å². The van der Waals surface area contributed by atoms with Gasteiger partial charge < -0.3 is 10.2 Å². The third-order valence-electron chi connectivity index (χ3n) is 2.87. The molecule has 0 unspecified atom stereocenters. The third kappa shape index (κ3) is 2.65. The number of aromatic nitrogens is 1. The predicted molar refractivity (Wildman–Crippen MR) is 72.5 cm³/mol. The Hall–Kier alpha value is -0.730. The van der Waals surface area contributed by atoms with Crippen LogP contribution in [-0.4, -0.2) is 31.2 Å². The number of nitrogens with zero attached hydrogens (tertiary/aromatic N) is 3. The second-order valence-corrected chi connectivity index (χ2v) is 5.16. The predicted octanol–water partition coefficient (Wildman–Crippen LogP) is 1.69. The number of hydrogen-bond acceptors (Lipinski definition) is 3. The van der Waals surface area contributed by atoms with Crippen molar-refractivity contribution in [1.29, 1.82) is 5.26 Å². The Labute approximate surface area is 120 Å². The SMILES string of the molecule is N#Cc1c(Cl)c(Cl)nc(N2CCC[NH2+]CC2)c1Cl. The van der Waals surface area contributed by atoms with E-state index in [9.17, 15) is 0 Å². The molecule has 0 saturated carbocycles. The first-order valence-electron chi connectivity index (χ1n) is 5.66. The van der Waals surface area contributed by atoms with Gasteiger partial charge in [0.05, 0.1) is 30.2 Å². The van der Waals surface area contributed by atoms with E-state index < -0.39 is 0 Å². The molecule has 1 aromatic rings. The Kier molecular flexibility index (Phi) is 4.52. The van der Waals surface area contributed by atoms with Gasteiger partial charge in [0.1, 0.15) is 11.1 Å². The number of quaternary nitrogens is 1. The highest BCUT2D eigenvalue weighted by atomic mass is 35.5. The van der Waals surface area contributed by atoms with Crippen LogP contribution in [0.5, 0.6) is 0 Å². The largest absolute Gasteiger partial charge is 0.349 e. The van der Waals surface area contributed by atoms with Gasteiger partial charge >= 0.3 is 0 Å². The van der Waals surface area contributed by atoms with Crippen molar-refractivity contribution in [2.24, 2.45) is 0 Å². The average Bonchev–Trinajstić information content (AvgIpc) is 2.63. The van der Waals surface area contributed by atoms with Crippen LogP contribution in [0.15, 0.2) is 0 Å². The average molecular weight is 307 g/mol. The first-order chi connectivity index (χ1) is 8.65. The van der Waals surface area contributed by atoms with Gasteiger partial charge in [-0.1, -0.05) is 34.8 Å². The van der Waals surface area contributed by atoms with Gasteiger partial charge in [-0.3, -0.25) is 0 Å². The van der Waals surface area contributed by atoms with E-state index in [0.717, 1.165) is 32.6 Å². The Bertz CT molecular complexity index is 490. The summed E-state index contributed by atoms with van der Waals surface area (Å²) in [5, 5.41) is 11.9. The highest BCUT2D eigenvalue weighted by molar-refractivity contribution is 6.44. The molecule has 7 heteroatoms. The molecule has 0 bridgehead atoms. The topological polar surface area (TPSA) is 56.5 Å². The van der Waals surface area contributed by atoms with E-state index in [1.54, 1.807) is 0 Å². The molecule has 0 aliphatic carbocycles. The quantitative estimate of drug-likeness (QED) is 0.803. The minimum Gasteiger partial charge on any atom is -0.349 e. The minimum atomic E-state index is 0.120. The third-order valence-corrected chi connectivity index (χ3v) is 3.97. The fourth-order valence-corrected chi connectivity index (χ4v) is 2.65. The van der Waals surface area contributed by atoms with E-state index in [2.05, 4.69) is 15.2 Å². The van der Waals surface area contributed by atoms with Gasteiger partial charge in [0.25, 0.3) is 0 Å². The van der Waals surface area contributed by atoms with E-state index in [-0.39, 0.29) is 20.8 Å². The Morgan fingerprint density at radius 2 is 1.94 bits per heavy atom. The molecule has 2 heterocycles. The van der Waals surface area contributed by atoms with Crippen LogP contribution in [0.1, 0.15) is 12.0 Å². The normalized spacial score (nSPS) is 16.2. The Morgan fingerprint density at radius 1 is 1.17 bits per heavy atom. The van der Waals surface area contributed by atoms with E-state index in [1.807, 2.05) is 6.07 Å². The summed E-state index contributed by atoms with van der Waals surface area (Å²) >= 11 is 18.1. The van der Waals surface area contributed by atoms with Gasteiger partial charge in [0.2, 0.25) is 0 Å². The standard InChI is InChI=1S/C11H11Cl3N4/c12-8-7(6-15)9(13)11(17-10(8)14)18-4-1-2-16-3-5-18/h16H,1-5H2/p+1. The first kappa shape index (κ1) is 13.7. The molecular formula is C11H12Cl3N4+. The monoisotopic (exact) mass is 305 g/mol. The van der Waals surface area contributed by atoms with Gasteiger partial charge in [-0.25, -0.2) is 4.98 Å². The molecule has 1 aliphatic heterocycles. The van der Waals surface area contributed by atoms with Crippen LogP contribution in [0.2, 0.25) is 15.2 Å². The molecule has 2 N–H and O–H groups in total. The smallest absolute Gasteiger partial charge is 0.151 e. The lowest BCUT2D eigenvalue weighted by Crippen LogP contribution is -2.84. The molecule has 1 aliphatic rings. The number of nitriles is 1. The minimum absolute atomic E-state index is 0.120. The molecule has 0 amide bonds. The molecule has 0 radical (unpaired) electrons. The second kappa shape index (κ2) is 5.94. The van der Waals surface area contributed by atoms with Crippen LogP contribution in [0.25, 0.3) is 0 Å². The number of rotatable bonds is 1. The maximum atomic E-state index is 9.07. The zero-order valence-corrected chi connectivity index (χ0v) is 11.9. The zero-order valence-electron chi connectivity index (χ0n) is 9.59. The number of anilines is 1. The highest BCUT2D eigenvalue weighted by Crippen LogP contribution is 2.35. The van der Waals surface area contributed by atoms with Crippen molar-refractivity contribution >= 4 is 40.6 Å². The fraction of sp³-hybridized carbons (Fsp3) is 0.455. The van der Waals surface area contributed by atoms with Crippen LogP contribution in [0.3, 0.4) is 0 Å². The van der Waals surface area contributed by atoms with E-state index in [1.165, 1.54) is 0 Å². The molecule has 1 aromatic heterocycles. The molecular weight excluding hydrogens is 295 g/mol. The van der Waals surface area contributed by atoms with Crippen LogP contribution >= 0.6 is 34.8 Å². The molecule has 4 nitrogen and oxygen atoms in total. The summed E-state index contributed by atoms with van der Waals surface area (Å²) in [7, 11) is 0. The van der Waals surface area contributed by atoms with Gasteiger partial charge in [0.15, 0.2) is 11.0 Å². The zero-order chi connectivity index (χ0) is 13.1. The molecule has 0 spiro atoms. The van der Waals surface area contributed by atoms with Crippen molar-refractivity contribution in [3.8, 4) is 6.07 Å². The van der Waals surface area contributed by atoms with Crippen molar-refractivity contribution in [3.63, 3.8) is 0 Å². The summed E-state index contributed by atoms with van der Waals surface area (Å²) in [6.45, 7) is 3.74. The van der Waals surface area contributed by atoms with Gasteiger partial charge in [-0.2, -0.15) is 5.26 Å². The molecule has 2 rings (SSSR count). The summed E-state index contributed by atoms with van der Waals surface area (Å²) in [6, 6.07) is 1.98. The summed E-state index contributed by atoms with van der Waals surface area (Å²) in [5.41, 5.74) is 0.196. The van der Waals surface area contributed by atoms with Crippen LogP contribution in [-0.2, 0) is 0 Å². The first-order valence-corrected chi connectivity index (χ1v) is 6.79. The summed E-state index contributed by atoms with van der Waals surface area (Å²) in [6.07, 6.45) is 1.04. The number of nitrogens with two attached hydrogens (primary N) is 1. The maximum absolute atomic E-state index is 9.07. The summed E-state index contributed by atoms with van der Waals surface area (Å²) in [4.78, 5) is 6.26. The van der Waals surface area contributed by atoms with Crippen molar-refractivity contribution in [2.75, 3.05) is 31.1 Å². The summed E-state index contributed by atoms with van der Waals surface area (Å²) in [5.74, 6) is 0.554. The lowest BCUT2D eigenvalue weighted by Gasteiger charge is -2.22. The maximum Gasteiger partial charge on any atom is 0.151 e. The fourth-order valence-electron chi connectivity index (χ4n) is 1.95. The number of halogens is 3. The van der Waals surface area contributed by atoms with Crippen molar-refractivity contribution < 1.29 is 5.32 Å². The molecule has 0 atom stereocenters. The number of hydrogen-bond donors (Lipinski definition) is 1. The second-order valence-electron chi connectivity index (χ2n) is 4.05. The van der Waals surface area contributed by atoms with Crippen LogP contribution in [0, 0.1) is 11.3 Å². The Morgan fingerprint density at radius 3 is 2.67 bits per heavy atom. The van der Waals surface area contributed by atoms with E-state index in [0.29, 0.717) is 5.82 Å². The Balaban J connectivity index is 2.44. The molecule has 0 aromatic carbocycles. The van der Waals surface area contributed by atoms with Gasteiger partial charge in [-0.15, -0.1) is 0 Å². The van der Waals surface area contributed by atoms with E-state index >= 15 is 0 Å². The van der Waals surface area contributed by atoms with Crippen LogP contribution < -0.4 is 10.2 Å². The van der Waals surface area contributed by atoms with Gasteiger partial charge in [0, 0.05) is 13.0 Å². The number of pyridine rings is 1. The van der Waals surface area contributed by atoms with Crippen molar-refractivity contribution in [1.82, 2.24) is 4.98 Å². The molecule has 96 valence electrons. The lowest BCUT2D eigenvalue weighted by molar-refractivity contribution is -0.650. The molecule has 1 fully saturated rings. The highest BCUT2D eigenvalue weighted by Gasteiger charge is 2.21. The van der Waals surface area contributed by atoms with Gasteiger partial charge in [-0.05, 0) is 0 Å². The summed E-state index contributed by atoms with van der Waals surface area (Å²) < 4.78 is 0. The van der Waals surface area contributed by atoms with E-state index in [4.69, 9.17) is 40.1 Å². The van der Waals surface area contributed by atoms with Crippen LogP contribution in [0.4, 0.5) is 5.82 Å². The lowest BCUT2D eigenvalue weighted by atomic mass is 10.2.